The van der Waals surface area contributed by atoms with E-state index < -0.39 is 11.6 Å². The molecule has 0 unspecified atom stereocenters. The number of benzene rings is 2. The third kappa shape index (κ3) is 5.78. The van der Waals surface area contributed by atoms with E-state index in [1.54, 1.807) is 76.2 Å². The van der Waals surface area contributed by atoms with Crippen molar-refractivity contribution in [1.82, 2.24) is 0 Å². The molecule has 2 aromatic rings. The van der Waals surface area contributed by atoms with E-state index in [0.717, 1.165) is 5.56 Å². The summed E-state index contributed by atoms with van der Waals surface area (Å²) < 4.78 is 10.9. The van der Waals surface area contributed by atoms with E-state index in [9.17, 15) is 14.4 Å². The zero-order valence-electron chi connectivity index (χ0n) is 16.9. The van der Waals surface area contributed by atoms with E-state index in [1.165, 1.54) is 6.92 Å². The van der Waals surface area contributed by atoms with Crippen LogP contribution in [0.2, 0.25) is 0 Å². The van der Waals surface area contributed by atoms with Crippen LogP contribution in [0.4, 0.5) is 0 Å². The maximum Gasteiger partial charge on any atom is 0.350 e. The second-order valence-corrected chi connectivity index (χ2v) is 7.50. The van der Waals surface area contributed by atoms with Crippen LogP contribution < -0.4 is 4.74 Å². The maximum atomic E-state index is 12.6. The largest absolute Gasteiger partial charge is 0.476 e. The SMILES string of the molecule is CC(=O)Cc1ccc(C(=O)c2ccc(OC(C)(C)C(=O)OC(C)C)cc2)cc1. The first-order valence-corrected chi connectivity index (χ1v) is 9.21. The molecule has 0 saturated heterocycles. The number of hydrogen-bond donors (Lipinski definition) is 0. The predicted molar refractivity (Wildman–Crippen MR) is 107 cm³/mol. The molecular formula is C23H26O5. The molecule has 5 heteroatoms. The molecule has 5 nitrogen and oxygen atoms in total. The Bertz CT molecular complexity index is 846. The Labute approximate surface area is 165 Å². The molecule has 0 N–H and O–H groups in total. The number of hydrogen-bond acceptors (Lipinski definition) is 5. The van der Waals surface area contributed by atoms with Gasteiger partial charge in [0.2, 0.25) is 0 Å². The number of ketones is 2. The van der Waals surface area contributed by atoms with Crippen LogP contribution >= 0.6 is 0 Å². The number of rotatable bonds is 8. The number of carbonyl (C=O) groups excluding carboxylic acids is 3. The molecule has 0 fully saturated rings. The minimum atomic E-state index is -1.14. The predicted octanol–water partition coefficient (Wildman–Crippen LogP) is 4.16. The molecular weight excluding hydrogens is 356 g/mol. The zero-order chi connectivity index (χ0) is 20.9. The Morgan fingerprint density at radius 3 is 1.86 bits per heavy atom. The van der Waals surface area contributed by atoms with Crippen molar-refractivity contribution in [1.29, 1.82) is 0 Å². The molecule has 0 spiro atoms. The average molecular weight is 382 g/mol. The molecule has 0 radical (unpaired) electrons. The summed E-state index contributed by atoms with van der Waals surface area (Å²) in [5.74, 6) is -0.0263. The van der Waals surface area contributed by atoms with Gasteiger partial charge in [0.1, 0.15) is 11.5 Å². The highest BCUT2D eigenvalue weighted by Gasteiger charge is 2.32. The van der Waals surface area contributed by atoms with Crippen LogP contribution in [0.1, 0.15) is 56.1 Å². The number of Topliss-reactive ketones (excluding diaryl/α,β-unsaturated/α-hetero) is 1. The highest BCUT2D eigenvalue weighted by atomic mass is 16.6. The standard InChI is InChI=1S/C23H26O5/c1-15(2)27-22(26)23(4,5)28-20-12-10-19(11-13-20)21(25)18-8-6-17(7-9-18)14-16(3)24/h6-13,15H,14H2,1-5H3. The fourth-order valence-corrected chi connectivity index (χ4v) is 2.59. The summed E-state index contributed by atoms with van der Waals surface area (Å²) in [6, 6.07) is 13.6. The molecule has 0 aliphatic carbocycles. The summed E-state index contributed by atoms with van der Waals surface area (Å²) >= 11 is 0. The molecule has 2 rings (SSSR count). The lowest BCUT2D eigenvalue weighted by molar-refractivity contribution is -0.163. The van der Waals surface area contributed by atoms with Crippen molar-refractivity contribution in [3.8, 4) is 5.75 Å². The molecule has 2 aromatic carbocycles. The Balaban J connectivity index is 2.08. The second kappa shape index (κ2) is 8.83. The van der Waals surface area contributed by atoms with Crippen molar-refractivity contribution >= 4 is 17.5 Å². The summed E-state index contributed by atoms with van der Waals surface area (Å²) in [5.41, 5.74) is 0.793. The van der Waals surface area contributed by atoms with Gasteiger partial charge in [-0.15, -0.1) is 0 Å². The number of esters is 1. The lowest BCUT2D eigenvalue weighted by Gasteiger charge is -2.25. The Morgan fingerprint density at radius 1 is 0.893 bits per heavy atom. The number of ether oxygens (including phenoxy) is 2. The fraction of sp³-hybridized carbons (Fsp3) is 0.348. The number of carbonyl (C=O) groups is 3. The third-order valence-electron chi connectivity index (χ3n) is 3.99. The first-order valence-electron chi connectivity index (χ1n) is 9.21. The first-order chi connectivity index (χ1) is 13.1. The van der Waals surface area contributed by atoms with Crippen molar-refractivity contribution in [3.05, 3.63) is 65.2 Å². The molecule has 0 saturated carbocycles. The first kappa shape index (κ1) is 21.4. The van der Waals surface area contributed by atoms with Crippen LogP contribution in [0.3, 0.4) is 0 Å². The van der Waals surface area contributed by atoms with Crippen LogP contribution in [0.15, 0.2) is 48.5 Å². The van der Waals surface area contributed by atoms with Crippen LogP contribution in [0.25, 0.3) is 0 Å². The van der Waals surface area contributed by atoms with Gasteiger partial charge in [0.05, 0.1) is 6.10 Å². The fourth-order valence-electron chi connectivity index (χ4n) is 2.59. The van der Waals surface area contributed by atoms with Gasteiger partial charge in [-0.1, -0.05) is 24.3 Å². The summed E-state index contributed by atoms with van der Waals surface area (Å²) in [6.07, 6.45) is 0.132. The van der Waals surface area contributed by atoms with E-state index in [2.05, 4.69) is 0 Å². The van der Waals surface area contributed by atoms with Gasteiger partial charge >= 0.3 is 5.97 Å². The van der Waals surface area contributed by atoms with E-state index >= 15 is 0 Å². The monoisotopic (exact) mass is 382 g/mol. The van der Waals surface area contributed by atoms with Gasteiger partial charge in [-0.3, -0.25) is 9.59 Å². The smallest absolute Gasteiger partial charge is 0.350 e. The molecule has 0 bridgehead atoms. The van der Waals surface area contributed by atoms with Gasteiger partial charge in [-0.2, -0.15) is 0 Å². The maximum absolute atomic E-state index is 12.6. The lowest BCUT2D eigenvalue weighted by atomic mass is 10.0. The minimum Gasteiger partial charge on any atom is -0.476 e. The van der Waals surface area contributed by atoms with Crippen LogP contribution in [-0.4, -0.2) is 29.2 Å². The second-order valence-electron chi connectivity index (χ2n) is 7.50. The normalized spacial score (nSPS) is 11.2. The van der Waals surface area contributed by atoms with Gasteiger partial charge in [-0.05, 0) is 64.4 Å². The molecule has 0 aliphatic rings. The van der Waals surface area contributed by atoms with Crippen molar-refractivity contribution in [2.45, 2.75) is 52.7 Å². The summed E-state index contributed by atoms with van der Waals surface area (Å²) in [4.78, 5) is 35.9. The van der Waals surface area contributed by atoms with Crippen molar-refractivity contribution in [2.24, 2.45) is 0 Å². The summed E-state index contributed by atoms with van der Waals surface area (Å²) in [7, 11) is 0. The van der Waals surface area contributed by atoms with E-state index in [4.69, 9.17) is 9.47 Å². The topological polar surface area (TPSA) is 69.7 Å². The lowest BCUT2D eigenvalue weighted by Crippen LogP contribution is -2.40. The highest BCUT2D eigenvalue weighted by Crippen LogP contribution is 2.22. The summed E-state index contributed by atoms with van der Waals surface area (Å²) in [5, 5.41) is 0. The van der Waals surface area contributed by atoms with Crippen LogP contribution in [-0.2, 0) is 20.7 Å². The molecule has 0 aromatic heterocycles. The van der Waals surface area contributed by atoms with Crippen molar-refractivity contribution in [2.75, 3.05) is 0 Å². The third-order valence-corrected chi connectivity index (χ3v) is 3.99. The van der Waals surface area contributed by atoms with Gasteiger partial charge in [0.15, 0.2) is 11.4 Å². The van der Waals surface area contributed by atoms with E-state index in [-0.39, 0.29) is 17.7 Å². The van der Waals surface area contributed by atoms with Gasteiger partial charge in [0, 0.05) is 17.5 Å². The molecule has 148 valence electrons. The Morgan fingerprint density at radius 2 is 1.39 bits per heavy atom. The zero-order valence-corrected chi connectivity index (χ0v) is 16.9. The molecule has 28 heavy (non-hydrogen) atoms. The van der Waals surface area contributed by atoms with Crippen LogP contribution in [0.5, 0.6) is 5.75 Å². The van der Waals surface area contributed by atoms with Crippen molar-refractivity contribution in [3.63, 3.8) is 0 Å². The quantitative estimate of drug-likeness (QED) is 0.506. The van der Waals surface area contributed by atoms with Crippen molar-refractivity contribution < 1.29 is 23.9 Å². The molecule has 0 atom stereocenters. The average Bonchev–Trinajstić information content (AvgIpc) is 2.61. The van der Waals surface area contributed by atoms with E-state index in [0.29, 0.717) is 23.3 Å². The minimum absolute atomic E-state index is 0.0786. The summed E-state index contributed by atoms with van der Waals surface area (Å²) in [6.45, 7) is 8.37. The van der Waals surface area contributed by atoms with E-state index in [1.807, 2.05) is 0 Å². The van der Waals surface area contributed by atoms with Gasteiger partial charge < -0.3 is 9.47 Å². The van der Waals surface area contributed by atoms with Crippen LogP contribution in [0, 0.1) is 0 Å². The molecule has 0 heterocycles. The molecule has 0 aliphatic heterocycles. The molecule has 0 amide bonds. The van der Waals surface area contributed by atoms with Gasteiger partial charge in [0.25, 0.3) is 0 Å². The highest BCUT2D eigenvalue weighted by molar-refractivity contribution is 6.09. The van der Waals surface area contributed by atoms with Gasteiger partial charge in [-0.25, -0.2) is 4.79 Å². The Kier molecular flexibility index (Phi) is 6.73. The Hall–Kier alpha value is -2.95.